The van der Waals surface area contributed by atoms with Crippen molar-refractivity contribution in [1.29, 1.82) is 0 Å². The molecule has 0 bridgehead atoms. The lowest BCUT2D eigenvalue weighted by Crippen LogP contribution is -2.29. The highest BCUT2D eigenvalue weighted by molar-refractivity contribution is 7.22. The molecule has 186 valence electrons. The van der Waals surface area contributed by atoms with Crippen molar-refractivity contribution in [2.75, 3.05) is 12.0 Å². The molecular weight excluding hydrogens is 512 g/mol. The van der Waals surface area contributed by atoms with Gasteiger partial charge < -0.3 is 14.6 Å². The number of hydrogen-bond acceptors (Lipinski definition) is 7. The van der Waals surface area contributed by atoms with Crippen LogP contribution in [0.5, 0.6) is 11.5 Å². The number of fused-ring (bicyclic) bond motifs is 2. The largest absolute Gasteiger partial charge is 0.507 e. The average molecular weight is 533 g/mol. The normalized spacial score (nSPS) is 20.4. The summed E-state index contributed by atoms with van der Waals surface area (Å²) in [5.41, 5.74) is 2.61. The van der Waals surface area contributed by atoms with Crippen LogP contribution in [0.25, 0.3) is 16.0 Å². The lowest BCUT2D eigenvalue weighted by molar-refractivity contribution is -0.132. The van der Waals surface area contributed by atoms with E-state index in [2.05, 4.69) is 4.98 Å². The van der Waals surface area contributed by atoms with E-state index in [1.165, 1.54) is 16.2 Å². The Morgan fingerprint density at radius 1 is 1.16 bits per heavy atom. The molecule has 1 aromatic heterocycles. The van der Waals surface area contributed by atoms with E-state index >= 15 is 0 Å². The van der Waals surface area contributed by atoms with Crippen molar-refractivity contribution in [2.24, 2.45) is 0 Å². The summed E-state index contributed by atoms with van der Waals surface area (Å²) >= 11 is 7.57. The molecule has 1 N–H and O–H groups in total. The van der Waals surface area contributed by atoms with E-state index in [-0.39, 0.29) is 17.4 Å². The second-order valence-corrected chi connectivity index (χ2v) is 10.5. The first kappa shape index (κ1) is 23.5. The number of nitrogens with zero attached hydrogens (tertiary/aromatic N) is 2. The number of rotatable bonds is 4. The van der Waals surface area contributed by atoms with Crippen LogP contribution >= 0.6 is 22.9 Å². The molecule has 0 unspecified atom stereocenters. The fraction of sp³-hybridized carbons (Fsp3) is 0.179. The summed E-state index contributed by atoms with van der Waals surface area (Å²) in [6.45, 7) is 1.97. The van der Waals surface area contributed by atoms with Gasteiger partial charge in [-0.25, -0.2) is 4.98 Å². The molecule has 6 rings (SSSR count). The number of carbonyl (C=O) groups excluding carboxylic acids is 2. The van der Waals surface area contributed by atoms with Crippen molar-refractivity contribution in [3.05, 3.63) is 87.9 Å². The van der Waals surface area contributed by atoms with Crippen molar-refractivity contribution in [3.63, 3.8) is 0 Å². The van der Waals surface area contributed by atoms with Gasteiger partial charge in [-0.05, 0) is 66.6 Å². The van der Waals surface area contributed by atoms with Crippen LogP contribution in [0.3, 0.4) is 0 Å². The number of thiazole rings is 1. The average Bonchev–Trinajstić information content (AvgIpc) is 3.55. The van der Waals surface area contributed by atoms with Crippen molar-refractivity contribution in [2.45, 2.75) is 25.5 Å². The third-order valence-corrected chi connectivity index (χ3v) is 7.82. The van der Waals surface area contributed by atoms with Gasteiger partial charge in [0.2, 0.25) is 0 Å². The van der Waals surface area contributed by atoms with Crippen LogP contribution in [-0.4, -0.2) is 35.0 Å². The lowest BCUT2D eigenvalue weighted by atomic mass is 9.94. The van der Waals surface area contributed by atoms with Gasteiger partial charge in [-0.15, -0.1) is 0 Å². The van der Waals surface area contributed by atoms with Crippen molar-refractivity contribution >= 4 is 55.7 Å². The third-order valence-electron chi connectivity index (χ3n) is 6.57. The maximum atomic E-state index is 13.5. The molecule has 4 aromatic rings. The summed E-state index contributed by atoms with van der Waals surface area (Å²) in [5.74, 6) is -0.400. The van der Waals surface area contributed by atoms with Crippen LogP contribution in [0.4, 0.5) is 5.13 Å². The molecule has 0 saturated carbocycles. The zero-order chi connectivity index (χ0) is 25.8. The molecule has 7 nitrogen and oxygen atoms in total. The Labute approximate surface area is 221 Å². The highest BCUT2D eigenvalue weighted by atomic mass is 35.5. The molecular formula is C28H21ClN2O5S. The summed E-state index contributed by atoms with van der Waals surface area (Å²) in [7, 11) is 1.58. The van der Waals surface area contributed by atoms with E-state index in [9.17, 15) is 14.7 Å². The minimum atomic E-state index is -0.912. The van der Waals surface area contributed by atoms with Gasteiger partial charge in [0.15, 0.2) is 5.13 Å². The Balaban J connectivity index is 1.53. The highest BCUT2D eigenvalue weighted by Crippen LogP contribution is 2.45. The number of anilines is 1. The van der Waals surface area contributed by atoms with Gasteiger partial charge in [0, 0.05) is 17.0 Å². The minimum absolute atomic E-state index is 0.0176. The molecule has 2 aliphatic rings. The summed E-state index contributed by atoms with van der Waals surface area (Å²) in [6.07, 6.45) is 0.722. The van der Waals surface area contributed by atoms with Crippen LogP contribution in [-0.2, 0) is 16.0 Å². The Kier molecular flexibility index (Phi) is 5.66. The Hall–Kier alpha value is -3.88. The quantitative estimate of drug-likeness (QED) is 0.200. The van der Waals surface area contributed by atoms with Crippen molar-refractivity contribution in [3.8, 4) is 11.5 Å². The number of halogens is 1. The zero-order valence-electron chi connectivity index (χ0n) is 19.9. The smallest absolute Gasteiger partial charge is 0.301 e. The van der Waals surface area contributed by atoms with Crippen LogP contribution in [0.1, 0.15) is 29.7 Å². The fourth-order valence-electron chi connectivity index (χ4n) is 4.87. The standard InChI is InChI=1S/C28H21ClN2O5S/c1-14-10-17-11-16(6-9-21(17)36-14)25(32)23-24(15-4-3-5-18(29)12-15)31(27(34)26(23)33)28-30-20-8-7-19(35-2)13-22(20)37-28/h3-9,11-14,24,32H,10H2,1-2H3/t14-,24-/m0/s1. The predicted octanol–water partition coefficient (Wildman–Crippen LogP) is 5.91. The molecule has 2 atom stereocenters. The Morgan fingerprint density at radius 2 is 2.00 bits per heavy atom. The zero-order valence-corrected chi connectivity index (χ0v) is 21.5. The summed E-state index contributed by atoms with van der Waals surface area (Å²) < 4.78 is 11.9. The van der Waals surface area contributed by atoms with Crippen LogP contribution < -0.4 is 14.4 Å². The molecule has 3 heterocycles. The second kappa shape index (κ2) is 8.90. The van der Waals surface area contributed by atoms with E-state index in [4.69, 9.17) is 21.1 Å². The van der Waals surface area contributed by atoms with E-state index in [1.807, 2.05) is 13.0 Å². The van der Waals surface area contributed by atoms with E-state index in [1.54, 1.807) is 61.7 Å². The maximum absolute atomic E-state index is 13.5. The maximum Gasteiger partial charge on any atom is 0.301 e. The molecule has 37 heavy (non-hydrogen) atoms. The number of Topliss-reactive ketones (excluding diaryl/α,β-unsaturated/α-hetero) is 1. The third kappa shape index (κ3) is 3.93. The number of aromatic nitrogens is 1. The first-order valence-electron chi connectivity index (χ1n) is 11.6. The molecule has 1 fully saturated rings. The molecule has 1 amide bonds. The molecule has 0 aliphatic carbocycles. The van der Waals surface area contributed by atoms with Crippen LogP contribution in [0, 0.1) is 0 Å². The van der Waals surface area contributed by atoms with E-state index in [0.717, 1.165) is 16.0 Å². The van der Waals surface area contributed by atoms with E-state index in [0.29, 0.717) is 39.0 Å². The van der Waals surface area contributed by atoms with Gasteiger partial charge in [-0.3, -0.25) is 14.5 Å². The number of benzene rings is 3. The molecule has 1 saturated heterocycles. The number of methoxy groups -OCH3 is 1. The molecule has 2 aliphatic heterocycles. The number of carbonyl (C=O) groups is 2. The predicted molar refractivity (Wildman–Crippen MR) is 143 cm³/mol. The fourth-order valence-corrected chi connectivity index (χ4v) is 6.09. The lowest BCUT2D eigenvalue weighted by Gasteiger charge is -2.23. The number of hydrogen-bond donors (Lipinski definition) is 1. The topological polar surface area (TPSA) is 89.0 Å². The molecule has 3 aromatic carbocycles. The van der Waals surface area contributed by atoms with Crippen LogP contribution in [0.15, 0.2) is 66.2 Å². The summed E-state index contributed by atoms with van der Waals surface area (Å²) in [4.78, 5) is 32.9. The van der Waals surface area contributed by atoms with Gasteiger partial charge in [0.05, 0.1) is 28.9 Å². The molecule has 0 radical (unpaired) electrons. The number of aliphatic hydroxyl groups is 1. The Bertz CT molecular complexity index is 1630. The van der Waals surface area contributed by atoms with Crippen molar-refractivity contribution < 1.29 is 24.2 Å². The first-order valence-corrected chi connectivity index (χ1v) is 12.8. The van der Waals surface area contributed by atoms with Gasteiger partial charge in [-0.1, -0.05) is 35.1 Å². The summed E-state index contributed by atoms with van der Waals surface area (Å²) in [5, 5.41) is 12.2. The minimum Gasteiger partial charge on any atom is -0.507 e. The first-order chi connectivity index (χ1) is 17.8. The number of ketones is 1. The van der Waals surface area contributed by atoms with E-state index < -0.39 is 17.7 Å². The highest BCUT2D eigenvalue weighted by Gasteiger charge is 2.48. The van der Waals surface area contributed by atoms with Gasteiger partial charge >= 0.3 is 5.91 Å². The molecule has 0 spiro atoms. The second-order valence-electron chi connectivity index (χ2n) is 9.01. The van der Waals surface area contributed by atoms with Gasteiger partial charge in [0.1, 0.15) is 23.4 Å². The van der Waals surface area contributed by atoms with Gasteiger partial charge in [-0.2, -0.15) is 0 Å². The monoisotopic (exact) mass is 532 g/mol. The van der Waals surface area contributed by atoms with Crippen LogP contribution in [0.2, 0.25) is 5.02 Å². The number of ether oxygens (including phenoxy) is 2. The summed E-state index contributed by atoms with van der Waals surface area (Å²) in [6, 6.07) is 16.7. The van der Waals surface area contributed by atoms with Gasteiger partial charge in [0.25, 0.3) is 5.78 Å². The van der Waals surface area contributed by atoms with Crippen molar-refractivity contribution in [1.82, 2.24) is 4.98 Å². The SMILES string of the molecule is COc1ccc2nc(N3C(=O)C(=O)C(=C(O)c4ccc5c(c4)C[C@H](C)O5)[C@@H]3c3cccc(Cl)c3)sc2c1. The molecule has 9 heteroatoms. The number of amides is 1. The Morgan fingerprint density at radius 3 is 2.78 bits per heavy atom. The number of aliphatic hydroxyl groups excluding tert-OH is 1.